The van der Waals surface area contributed by atoms with Crippen molar-refractivity contribution in [2.45, 2.75) is 20.3 Å². The van der Waals surface area contributed by atoms with Crippen LogP contribution in [0, 0.1) is 0 Å². The molecule has 0 aliphatic carbocycles. The molecule has 16 heavy (non-hydrogen) atoms. The third-order valence-electron chi connectivity index (χ3n) is 1.95. The minimum Gasteiger partial charge on any atom is -0.490 e. The Hall–Kier alpha value is -1.71. The van der Waals surface area contributed by atoms with Gasteiger partial charge in [-0.15, -0.1) is 0 Å². The van der Waals surface area contributed by atoms with Crippen molar-refractivity contribution in [2.75, 3.05) is 13.2 Å². The molecule has 1 aromatic rings. The molecular formula is C12H16O4. The number of hydrogen-bond donors (Lipinski definition) is 1. The number of carboxylic acid groups (broad SMARTS) is 1. The van der Waals surface area contributed by atoms with Crippen molar-refractivity contribution in [3.63, 3.8) is 0 Å². The molecule has 0 amide bonds. The van der Waals surface area contributed by atoms with Crippen molar-refractivity contribution in [3.8, 4) is 11.5 Å². The van der Waals surface area contributed by atoms with Gasteiger partial charge in [0.1, 0.15) is 0 Å². The lowest BCUT2D eigenvalue weighted by Gasteiger charge is -2.11. The van der Waals surface area contributed by atoms with Crippen LogP contribution in [0.5, 0.6) is 11.5 Å². The van der Waals surface area contributed by atoms with Gasteiger partial charge in [-0.3, -0.25) is 0 Å². The summed E-state index contributed by atoms with van der Waals surface area (Å²) in [6, 6.07) is 4.62. The van der Waals surface area contributed by atoms with E-state index in [2.05, 4.69) is 0 Å². The van der Waals surface area contributed by atoms with Gasteiger partial charge in [0.2, 0.25) is 0 Å². The van der Waals surface area contributed by atoms with Crippen LogP contribution < -0.4 is 9.47 Å². The Balaban J connectivity index is 2.94. The molecule has 0 spiro atoms. The Morgan fingerprint density at radius 2 is 2.00 bits per heavy atom. The van der Waals surface area contributed by atoms with Gasteiger partial charge in [0.05, 0.1) is 18.8 Å². The second-order valence-corrected chi connectivity index (χ2v) is 3.25. The molecule has 1 rings (SSSR count). The standard InChI is InChI=1S/C12H16O4/c1-3-7-16-10-6-5-9(12(13)14)8-11(10)15-4-2/h5-6,8H,3-4,7H2,1-2H3,(H,13,14). The second kappa shape index (κ2) is 6.00. The maximum absolute atomic E-state index is 10.8. The average molecular weight is 224 g/mol. The van der Waals surface area contributed by atoms with E-state index < -0.39 is 5.97 Å². The number of aromatic carboxylic acids is 1. The van der Waals surface area contributed by atoms with Crippen LogP contribution in [0.3, 0.4) is 0 Å². The molecule has 4 nitrogen and oxygen atoms in total. The van der Waals surface area contributed by atoms with Gasteiger partial charge in [-0.1, -0.05) is 6.92 Å². The number of carbonyl (C=O) groups is 1. The van der Waals surface area contributed by atoms with Crippen LogP contribution in [0.15, 0.2) is 18.2 Å². The fraction of sp³-hybridized carbons (Fsp3) is 0.417. The van der Waals surface area contributed by atoms with E-state index in [1.807, 2.05) is 13.8 Å². The maximum atomic E-state index is 10.8. The first-order chi connectivity index (χ1) is 7.69. The molecule has 0 unspecified atom stereocenters. The fourth-order valence-electron chi connectivity index (χ4n) is 1.24. The Labute approximate surface area is 94.8 Å². The molecule has 1 N–H and O–H groups in total. The van der Waals surface area contributed by atoms with Crippen molar-refractivity contribution in [3.05, 3.63) is 23.8 Å². The second-order valence-electron chi connectivity index (χ2n) is 3.25. The van der Waals surface area contributed by atoms with Gasteiger partial charge in [0, 0.05) is 0 Å². The molecule has 0 aliphatic rings. The van der Waals surface area contributed by atoms with Gasteiger partial charge in [-0.2, -0.15) is 0 Å². The van der Waals surface area contributed by atoms with E-state index in [9.17, 15) is 4.79 Å². The Bertz CT molecular complexity index is 360. The summed E-state index contributed by atoms with van der Waals surface area (Å²) in [6.07, 6.45) is 0.895. The summed E-state index contributed by atoms with van der Waals surface area (Å²) in [5.41, 5.74) is 0.201. The minimum absolute atomic E-state index is 0.201. The summed E-state index contributed by atoms with van der Waals surface area (Å²) >= 11 is 0. The van der Waals surface area contributed by atoms with E-state index in [0.29, 0.717) is 24.7 Å². The molecule has 0 atom stereocenters. The number of hydrogen-bond acceptors (Lipinski definition) is 3. The van der Waals surface area contributed by atoms with Gasteiger partial charge < -0.3 is 14.6 Å². The van der Waals surface area contributed by atoms with Crippen molar-refractivity contribution in [1.29, 1.82) is 0 Å². The number of benzene rings is 1. The molecule has 0 saturated heterocycles. The first kappa shape index (κ1) is 12.4. The molecule has 0 bridgehead atoms. The lowest BCUT2D eigenvalue weighted by Crippen LogP contribution is -2.02. The first-order valence-corrected chi connectivity index (χ1v) is 5.32. The van der Waals surface area contributed by atoms with Crippen molar-refractivity contribution >= 4 is 5.97 Å². The lowest BCUT2D eigenvalue weighted by molar-refractivity contribution is 0.0696. The van der Waals surface area contributed by atoms with Gasteiger partial charge in [-0.05, 0) is 31.5 Å². The van der Waals surface area contributed by atoms with E-state index in [1.54, 1.807) is 6.07 Å². The molecule has 88 valence electrons. The quantitative estimate of drug-likeness (QED) is 0.806. The van der Waals surface area contributed by atoms with E-state index in [1.165, 1.54) is 12.1 Å². The van der Waals surface area contributed by atoms with Crippen molar-refractivity contribution in [2.24, 2.45) is 0 Å². The van der Waals surface area contributed by atoms with Gasteiger partial charge in [-0.25, -0.2) is 4.79 Å². The van der Waals surface area contributed by atoms with Crippen LogP contribution in [0.25, 0.3) is 0 Å². The highest BCUT2D eigenvalue weighted by Crippen LogP contribution is 2.28. The molecule has 0 fully saturated rings. The van der Waals surface area contributed by atoms with Crippen LogP contribution >= 0.6 is 0 Å². The predicted molar refractivity (Wildman–Crippen MR) is 60.4 cm³/mol. The number of rotatable bonds is 6. The molecule has 0 aliphatic heterocycles. The zero-order valence-electron chi connectivity index (χ0n) is 9.53. The Morgan fingerprint density at radius 1 is 1.25 bits per heavy atom. The summed E-state index contributed by atoms with van der Waals surface area (Å²) in [6.45, 7) is 4.92. The van der Waals surface area contributed by atoms with Crippen LogP contribution in [0.2, 0.25) is 0 Å². The van der Waals surface area contributed by atoms with Crippen LogP contribution in [-0.2, 0) is 0 Å². The van der Waals surface area contributed by atoms with Gasteiger partial charge in [0.25, 0.3) is 0 Å². The molecule has 0 aromatic heterocycles. The van der Waals surface area contributed by atoms with Crippen molar-refractivity contribution < 1.29 is 19.4 Å². The summed E-state index contributed by atoms with van der Waals surface area (Å²) in [7, 11) is 0. The molecule has 0 radical (unpaired) electrons. The van der Waals surface area contributed by atoms with Gasteiger partial charge in [0.15, 0.2) is 11.5 Å². The predicted octanol–water partition coefficient (Wildman–Crippen LogP) is 2.57. The number of ether oxygens (including phenoxy) is 2. The van der Waals surface area contributed by atoms with Crippen LogP contribution in [0.4, 0.5) is 0 Å². The molecular weight excluding hydrogens is 208 g/mol. The maximum Gasteiger partial charge on any atom is 0.335 e. The fourth-order valence-corrected chi connectivity index (χ4v) is 1.24. The molecule has 1 aromatic carbocycles. The smallest absolute Gasteiger partial charge is 0.335 e. The Morgan fingerprint density at radius 3 is 2.56 bits per heavy atom. The lowest BCUT2D eigenvalue weighted by atomic mass is 10.2. The largest absolute Gasteiger partial charge is 0.490 e. The molecule has 4 heteroatoms. The molecule has 0 saturated carbocycles. The highest BCUT2D eigenvalue weighted by atomic mass is 16.5. The van der Waals surface area contributed by atoms with E-state index in [-0.39, 0.29) is 5.56 Å². The zero-order valence-corrected chi connectivity index (χ0v) is 9.53. The van der Waals surface area contributed by atoms with Crippen LogP contribution in [-0.4, -0.2) is 24.3 Å². The monoisotopic (exact) mass is 224 g/mol. The molecule has 0 heterocycles. The highest BCUT2D eigenvalue weighted by Gasteiger charge is 2.09. The minimum atomic E-state index is -0.969. The normalized spacial score (nSPS) is 9.88. The average Bonchev–Trinajstić information content (AvgIpc) is 2.27. The highest BCUT2D eigenvalue weighted by molar-refractivity contribution is 5.88. The third kappa shape index (κ3) is 3.15. The van der Waals surface area contributed by atoms with E-state index in [0.717, 1.165) is 6.42 Å². The van der Waals surface area contributed by atoms with Gasteiger partial charge >= 0.3 is 5.97 Å². The zero-order chi connectivity index (χ0) is 12.0. The van der Waals surface area contributed by atoms with E-state index in [4.69, 9.17) is 14.6 Å². The van der Waals surface area contributed by atoms with Crippen LogP contribution in [0.1, 0.15) is 30.6 Å². The summed E-state index contributed by atoms with van der Waals surface area (Å²) in [5.74, 6) is 0.104. The summed E-state index contributed by atoms with van der Waals surface area (Å²) in [5, 5.41) is 8.85. The Kier molecular flexibility index (Phi) is 4.64. The topological polar surface area (TPSA) is 55.8 Å². The summed E-state index contributed by atoms with van der Waals surface area (Å²) in [4.78, 5) is 10.8. The summed E-state index contributed by atoms with van der Waals surface area (Å²) < 4.78 is 10.8. The van der Waals surface area contributed by atoms with E-state index >= 15 is 0 Å². The first-order valence-electron chi connectivity index (χ1n) is 5.32. The third-order valence-corrected chi connectivity index (χ3v) is 1.95. The number of carboxylic acids is 1. The SMILES string of the molecule is CCCOc1ccc(C(=O)O)cc1OCC. The van der Waals surface area contributed by atoms with Crippen molar-refractivity contribution in [1.82, 2.24) is 0 Å².